The Hall–Kier alpha value is -1.51. The van der Waals surface area contributed by atoms with Gasteiger partial charge in [-0.3, -0.25) is 9.79 Å². The number of para-hydroxylation sites is 1. The molecule has 3 rings (SSSR count). The molecule has 0 aromatic heterocycles. The fourth-order valence-electron chi connectivity index (χ4n) is 4.00. The first kappa shape index (κ1) is 21.8. The molecule has 27 heavy (non-hydrogen) atoms. The number of aliphatic imine (C=N–C) groups is 1. The molecule has 0 amide bonds. The second-order valence-electron chi connectivity index (χ2n) is 7.13. The molecule has 7 heteroatoms. The molecule has 1 fully saturated rings. The van der Waals surface area contributed by atoms with Crippen LogP contribution in [0.5, 0.6) is 0 Å². The number of likely N-dealkylation sites (tertiary alicyclic amines) is 1. The molecule has 0 aliphatic carbocycles. The summed E-state index contributed by atoms with van der Waals surface area (Å²) in [6, 6.07) is 9.06. The van der Waals surface area contributed by atoms with Gasteiger partial charge in [-0.15, -0.1) is 24.0 Å². The molecule has 2 aliphatic rings. The van der Waals surface area contributed by atoms with Gasteiger partial charge in [-0.2, -0.15) is 0 Å². The summed E-state index contributed by atoms with van der Waals surface area (Å²) in [4.78, 5) is 20.8. The number of nitrogens with zero attached hydrogens (tertiary/aromatic N) is 3. The lowest BCUT2D eigenvalue weighted by atomic mass is 9.97. The normalized spacial score (nSPS) is 18.6. The first-order valence-corrected chi connectivity index (χ1v) is 9.52. The Labute approximate surface area is 179 Å². The Morgan fingerprint density at radius 3 is 2.67 bits per heavy atom. The van der Waals surface area contributed by atoms with Crippen LogP contribution < -0.4 is 10.2 Å². The molecule has 1 aromatic carbocycles. The van der Waals surface area contributed by atoms with Gasteiger partial charge in [-0.1, -0.05) is 18.2 Å². The largest absolute Gasteiger partial charge is 0.469 e. The maximum atomic E-state index is 11.7. The second kappa shape index (κ2) is 10.1. The van der Waals surface area contributed by atoms with Crippen molar-refractivity contribution in [3.63, 3.8) is 0 Å². The van der Waals surface area contributed by atoms with E-state index in [1.165, 1.54) is 18.4 Å². The quantitative estimate of drug-likeness (QED) is 0.307. The Morgan fingerprint density at radius 1 is 1.30 bits per heavy atom. The topological polar surface area (TPSA) is 57.2 Å². The summed E-state index contributed by atoms with van der Waals surface area (Å²) in [7, 11) is 3.29. The standard InChI is InChI=1S/C20H30N4O2.HI/c1-15(24-13-10-16-6-4-5-7-18(16)24)14-22-20(21-2)23-11-8-17(9-12-23)19(25)26-3;/h4-7,15,17H,8-14H2,1-3H3,(H,21,22);1H. The molecule has 0 radical (unpaired) electrons. The molecule has 2 heterocycles. The number of methoxy groups -OCH3 is 1. The van der Waals surface area contributed by atoms with Crippen LogP contribution in [-0.4, -0.2) is 63.2 Å². The highest BCUT2D eigenvalue weighted by Gasteiger charge is 2.28. The average molecular weight is 486 g/mol. The highest BCUT2D eigenvalue weighted by molar-refractivity contribution is 14.0. The van der Waals surface area contributed by atoms with Crippen molar-refractivity contribution in [3.05, 3.63) is 29.8 Å². The highest BCUT2D eigenvalue weighted by Crippen LogP contribution is 2.29. The van der Waals surface area contributed by atoms with E-state index in [1.54, 1.807) is 0 Å². The monoisotopic (exact) mass is 486 g/mol. The minimum absolute atomic E-state index is 0. The number of esters is 1. The number of hydrogen-bond acceptors (Lipinski definition) is 4. The minimum atomic E-state index is -0.0890. The van der Waals surface area contributed by atoms with Crippen molar-refractivity contribution < 1.29 is 9.53 Å². The highest BCUT2D eigenvalue weighted by atomic mass is 127. The molecule has 6 nitrogen and oxygen atoms in total. The predicted octanol–water partition coefficient (Wildman–Crippen LogP) is 2.52. The van der Waals surface area contributed by atoms with E-state index >= 15 is 0 Å². The smallest absolute Gasteiger partial charge is 0.308 e. The molecular formula is C20H31IN4O2. The summed E-state index contributed by atoms with van der Waals surface area (Å²) in [6.45, 7) is 5.84. The number of carbonyl (C=O) groups excluding carboxylic acids is 1. The second-order valence-corrected chi connectivity index (χ2v) is 7.13. The zero-order valence-corrected chi connectivity index (χ0v) is 18.8. The third-order valence-electron chi connectivity index (χ3n) is 5.55. The van der Waals surface area contributed by atoms with E-state index in [0.717, 1.165) is 51.4 Å². The molecular weight excluding hydrogens is 455 g/mol. The van der Waals surface area contributed by atoms with E-state index < -0.39 is 0 Å². The van der Waals surface area contributed by atoms with Gasteiger partial charge in [0.15, 0.2) is 5.96 Å². The molecule has 1 unspecified atom stereocenters. The Bertz CT molecular complexity index is 659. The van der Waals surface area contributed by atoms with E-state index in [-0.39, 0.29) is 35.9 Å². The van der Waals surface area contributed by atoms with Crippen molar-refractivity contribution in [2.75, 3.05) is 45.2 Å². The Kier molecular flexibility index (Phi) is 8.19. The summed E-state index contributed by atoms with van der Waals surface area (Å²) in [5, 5.41) is 3.52. The Balaban J connectivity index is 0.00000261. The number of guanidine groups is 1. The molecule has 0 spiro atoms. The van der Waals surface area contributed by atoms with Crippen LogP contribution in [-0.2, 0) is 16.0 Å². The van der Waals surface area contributed by atoms with Crippen LogP contribution in [0, 0.1) is 5.92 Å². The number of carbonyl (C=O) groups is 1. The van der Waals surface area contributed by atoms with Crippen molar-refractivity contribution in [3.8, 4) is 0 Å². The van der Waals surface area contributed by atoms with Gasteiger partial charge in [-0.05, 0) is 37.8 Å². The van der Waals surface area contributed by atoms with Crippen LogP contribution in [0.2, 0.25) is 0 Å². The predicted molar refractivity (Wildman–Crippen MR) is 120 cm³/mol. The number of halogens is 1. The number of piperidine rings is 1. The zero-order valence-electron chi connectivity index (χ0n) is 16.5. The first-order chi connectivity index (χ1) is 12.6. The summed E-state index contributed by atoms with van der Waals surface area (Å²) in [6.07, 6.45) is 2.77. The maximum Gasteiger partial charge on any atom is 0.308 e. The Morgan fingerprint density at radius 2 is 2.00 bits per heavy atom. The number of nitrogens with one attached hydrogen (secondary N) is 1. The molecule has 1 saturated heterocycles. The number of rotatable bonds is 4. The first-order valence-electron chi connectivity index (χ1n) is 9.52. The van der Waals surface area contributed by atoms with E-state index in [4.69, 9.17) is 4.74 Å². The van der Waals surface area contributed by atoms with Gasteiger partial charge < -0.3 is 19.9 Å². The van der Waals surface area contributed by atoms with Gasteiger partial charge in [0.2, 0.25) is 0 Å². The molecule has 1 aromatic rings. The van der Waals surface area contributed by atoms with Crippen molar-refractivity contribution in [2.24, 2.45) is 10.9 Å². The fourth-order valence-corrected chi connectivity index (χ4v) is 4.00. The van der Waals surface area contributed by atoms with Gasteiger partial charge in [-0.25, -0.2) is 0 Å². The lowest BCUT2D eigenvalue weighted by Gasteiger charge is -2.34. The third kappa shape index (κ3) is 5.06. The van der Waals surface area contributed by atoms with Gasteiger partial charge in [0, 0.05) is 45.0 Å². The van der Waals surface area contributed by atoms with Gasteiger partial charge in [0.1, 0.15) is 0 Å². The summed E-state index contributed by atoms with van der Waals surface area (Å²) >= 11 is 0. The van der Waals surface area contributed by atoms with E-state index in [2.05, 4.69) is 51.3 Å². The number of ether oxygens (including phenoxy) is 1. The fraction of sp³-hybridized carbons (Fsp3) is 0.600. The van der Waals surface area contributed by atoms with Crippen LogP contribution in [0.3, 0.4) is 0 Å². The lowest BCUT2D eigenvalue weighted by Crippen LogP contribution is -2.50. The van der Waals surface area contributed by atoms with Gasteiger partial charge in [0.25, 0.3) is 0 Å². The van der Waals surface area contributed by atoms with Crippen molar-refractivity contribution >= 4 is 41.6 Å². The molecule has 0 bridgehead atoms. The molecule has 0 saturated carbocycles. The zero-order chi connectivity index (χ0) is 18.5. The van der Waals surface area contributed by atoms with Crippen LogP contribution in [0.4, 0.5) is 5.69 Å². The van der Waals surface area contributed by atoms with Crippen molar-refractivity contribution in [1.29, 1.82) is 0 Å². The summed E-state index contributed by atoms with van der Waals surface area (Å²) < 4.78 is 4.87. The molecule has 2 aliphatic heterocycles. The van der Waals surface area contributed by atoms with Crippen LogP contribution in [0.1, 0.15) is 25.3 Å². The molecule has 1 N–H and O–H groups in total. The van der Waals surface area contributed by atoms with E-state index in [0.29, 0.717) is 6.04 Å². The van der Waals surface area contributed by atoms with Crippen molar-refractivity contribution in [2.45, 2.75) is 32.2 Å². The minimum Gasteiger partial charge on any atom is -0.469 e. The van der Waals surface area contributed by atoms with Crippen LogP contribution >= 0.6 is 24.0 Å². The number of hydrogen-bond donors (Lipinski definition) is 1. The van der Waals surface area contributed by atoms with Crippen LogP contribution in [0.15, 0.2) is 29.3 Å². The van der Waals surface area contributed by atoms with Crippen LogP contribution in [0.25, 0.3) is 0 Å². The molecule has 150 valence electrons. The summed E-state index contributed by atoms with van der Waals surface area (Å²) in [5.74, 6) is 0.857. The van der Waals surface area contributed by atoms with Gasteiger partial charge >= 0.3 is 5.97 Å². The third-order valence-corrected chi connectivity index (χ3v) is 5.55. The maximum absolute atomic E-state index is 11.7. The number of fused-ring (bicyclic) bond motifs is 1. The average Bonchev–Trinajstić information content (AvgIpc) is 3.12. The lowest BCUT2D eigenvalue weighted by molar-refractivity contribution is -0.146. The van der Waals surface area contributed by atoms with E-state index in [1.807, 2.05) is 7.05 Å². The SMILES string of the molecule is CN=C(NCC(C)N1CCc2ccccc21)N1CCC(C(=O)OC)CC1.I. The summed E-state index contributed by atoms with van der Waals surface area (Å²) in [5.41, 5.74) is 2.80. The van der Waals surface area contributed by atoms with E-state index in [9.17, 15) is 4.79 Å². The molecule has 1 atom stereocenters. The number of anilines is 1. The van der Waals surface area contributed by atoms with Gasteiger partial charge in [0.05, 0.1) is 13.0 Å². The van der Waals surface area contributed by atoms with Crippen molar-refractivity contribution in [1.82, 2.24) is 10.2 Å². The number of benzene rings is 1.